The molecular weight excluding hydrogens is 383 g/mol. The van der Waals surface area contributed by atoms with Gasteiger partial charge in [0, 0.05) is 18.5 Å². The van der Waals surface area contributed by atoms with E-state index in [-0.39, 0.29) is 29.1 Å². The summed E-state index contributed by atoms with van der Waals surface area (Å²) in [4.78, 5) is 38.4. The van der Waals surface area contributed by atoms with Gasteiger partial charge in [0.25, 0.3) is 5.91 Å². The van der Waals surface area contributed by atoms with E-state index < -0.39 is 18.5 Å². The van der Waals surface area contributed by atoms with E-state index in [0.717, 1.165) is 4.90 Å². The first-order valence-corrected chi connectivity index (χ1v) is 9.48. The first-order valence-electron chi connectivity index (χ1n) is 8.60. The Hall–Kier alpha value is -2.87. The normalized spacial score (nSPS) is 15.4. The molecule has 2 aromatic rings. The van der Waals surface area contributed by atoms with E-state index in [4.69, 9.17) is 4.74 Å². The van der Waals surface area contributed by atoms with Gasteiger partial charge in [-0.05, 0) is 42.8 Å². The third-order valence-electron chi connectivity index (χ3n) is 4.21. The summed E-state index contributed by atoms with van der Waals surface area (Å²) in [6, 6.07) is 10.8. The van der Waals surface area contributed by atoms with Gasteiger partial charge in [0.2, 0.25) is 5.91 Å². The number of amides is 2. The lowest BCUT2D eigenvalue weighted by Crippen LogP contribution is -2.31. The molecule has 2 amide bonds. The van der Waals surface area contributed by atoms with Crippen LogP contribution in [0.2, 0.25) is 0 Å². The number of hydrogen-bond acceptors (Lipinski definition) is 5. The van der Waals surface area contributed by atoms with Crippen molar-refractivity contribution in [1.82, 2.24) is 4.90 Å². The Labute approximate surface area is 166 Å². The van der Waals surface area contributed by atoms with Gasteiger partial charge in [0.1, 0.15) is 5.82 Å². The third-order valence-corrected chi connectivity index (χ3v) is 5.38. The molecular formula is C20H19FN2O4S. The number of ether oxygens (including phenoxy) is 1. The topological polar surface area (TPSA) is 75.7 Å². The van der Waals surface area contributed by atoms with Gasteiger partial charge in [-0.3, -0.25) is 9.59 Å². The number of halogens is 1. The zero-order chi connectivity index (χ0) is 20.3. The van der Waals surface area contributed by atoms with Gasteiger partial charge in [-0.1, -0.05) is 12.1 Å². The fourth-order valence-electron chi connectivity index (χ4n) is 2.65. The monoisotopic (exact) mass is 402 g/mol. The Morgan fingerprint density at radius 3 is 2.79 bits per heavy atom. The molecule has 0 spiro atoms. The van der Waals surface area contributed by atoms with Gasteiger partial charge >= 0.3 is 5.97 Å². The van der Waals surface area contributed by atoms with Crippen molar-refractivity contribution < 1.29 is 23.5 Å². The van der Waals surface area contributed by atoms with E-state index in [1.54, 1.807) is 38.2 Å². The molecule has 146 valence electrons. The summed E-state index contributed by atoms with van der Waals surface area (Å²) >= 11 is 1.41. The highest BCUT2D eigenvalue weighted by molar-refractivity contribution is 8.00. The number of esters is 1. The van der Waals surface area contributed by atoms with Crippen molar-refractivity contribution in [2.75, 3.05) is 19.0 Å². The molecule has 0 aliphatic carbocycles. The standard InChI is InChI=1S/C20H19FN2O4S/c1-12-19(25)22-16-9-14(6-7-17(16)28-12)20(26)27-11-18(24)23(2)10-13-4-3-5-15(21)8-13/h3-9,12H,10-11H2,1-2H3,(H,22,25). The Kier molecular flexibility index (Phi) is 5.99. The van der Waals surface area contributed by atoms with Crippen LogP contribution in [0.15, 0.2) is 47.4 Å². The van der Waals surface area contributed by atoms with Crippen molar-refractivity contribution in [2.45, 2.75) is 23.6 Å². The van der Waals surface area contributed by atoms with Crippen LogP contribution in [0.25, 0.3) is 0 Å². The number of nitrogens with one attached hydrogen (secondary N) is 1. The van der Waals surface area contributed by atoms with Crippen LogP contribution in [-0.2, 0) is 20.9 Å². The van der Waals surface area contributed by atoms with Crippen LogP contribution in [-0.4, -0.2) is 41.6 Å². The summed E-state index contributed by atoms with van der Waals surface area (Å²) in [6.45, 7) is 1.57. The Balaban J connectivity index is 1.57. The molecule has 1 aliphatic heterocycles. The fourth-order valence-corrected chi connectivity index (χ4v) is 3.58. The number of nitrogens with zero attached hydrogens (tertiary/aromatic N) is 1. The summed E-state index contributed by atoms with van der Waals surface area (Å²) < 4.78 is 18.3. The first-order chi connectivity index (χ1) is 13.3. The van der Waals surface area contributed by atoms with Crippen LogP contribution in [0.1, 0.15) is 22.8 Å². The maximum Gasteiger partial charge on any atom is 0.338 e. The quantitative estimate of drug-likeness (QED) is 0.778. The van der Waals surface area contributed by atoms with Crippen molar-refractivity contribution >= 4 is 35.2 Å². The lowest BCUT2D eigenvalue weighted by atomic mass is 10.2. The highest BCUT2D eigenvalue weighted by Crippen LogP contribution is 2.36. The summed E-state index contributed by atoms with van der Waals surface area (Å²) in [5.74, 6) is -1.57. The lowest BCUT2D eigenvalue weighted by Gasteiger charge is -2.21. The van der Waals surface area contributed by atoms with Gasteiger partial charge in [0.15, 0.2) is 6.61 Å². The number of benzene rings is 2. The van der Waals surface area contributed by atoms with Crippen molar-refractivity contribution in [3.63, 3.8) is 0 Å². The minimum Gasteiger partial charge on any atom is -0.452 e. The van der Waals surface area contributed by atoms with E-state index in [2.05, 4.69) is 5.32 Å². The minimum absolute atomic E-state index is 0.128. The number of likely N-dealkylation sites (N-methyl/N-ethyl adjacent to an activating group) is 1. The summed E-state index contributed by atoms with van der Waals surface area (Å²) in [5.41, 5.74) is 1.44. The van der Waals surface area contributed by atoms with Crippen LogP contribution in [0.4, 0.5) is 10.1 Å². The number of thioether (sulfide) groups is 1. The van der Waals surface area contributed by atoms with E-state index >= 15 is 0 Å². The van der Waals surface area contributed by atoms with Crippen molar-refractivity contribution in [2.24, 2.45) is 0 Å². The van der Waals surface area contributed by atoms with E-state index in [1.807, 2.05) is 0 Å². The second-order valence-electron chi connectivity index (χ2n) is 6.42. The van der Waals surface area contributed by atoms with Crippen LogP contribution >= 0.6 is 11.8 Å². The second-order valence-corrected chi connectivity index (χ2v) is 7.80. The smallest absolute Gasteiger partial charge is 0.338 e. The van der Waals surface area contributed by atoms with Crippen molar-refractivity contribution in [3.05, 3.63) is 59.4 Å². The summed E-state index contributed by atoms with van der Waals surface area (Å²) in [5, 5.41) is 2.55. The molecule has 0 fully saturated rings. The zero-order valence-corrected chi connectivity index (χ0v) is 16.2. The molecule has 1 atom stereocenters. The van der Waals surface area contributed by atoms with Gasteiger partial charge < -0.3 is 15.0 Å². The lowest BCUT2D eigenvalue weighted by molar-refractivity contribution is -0.133. The van der Waals surface area contributed by atoms with Gasteiger partial charge in [-0.25, -0.2) is 9.18 Å². The molecule has 1 heterocycles. The molecule has 0 saturated carbocycles. The molecule has 0 saturated heterocycles. The second kappa shape index (κ2) is 8.43. The van der Waals surface area contributed by atoms with Gasteiger partial charge in [-0.2, -0.15) is 0 Å². The minimum atomic E-state index is -0.659. The van der Waals surface area contributed by atoms with Crippen molar-refractivity contribution in [1.29, 1.82) is 0 Å². The van der Waals surface area contributed by atoms with Crippen LogP contribution in [0, 0.1) is 5.82 Å². The number of rotatable bonds is 5. The van der Waals surface area contributed by atoms with E-state index in [1.165, 1.54) is 34.9 Å². The average molecular weight is 402 g/mol. The first kappa shape index (κ1) is 19.9. The zero-order valence-electron chi connectivity index (χ0n) is 15.4. The predicted molar refractivity (Wildman–Crippen MR) is 104 cm³/mol. The Morgan fingerprint density at radius 1 is 1.25 bits per heavy atom. The molecule has 0 bridgehead atoms. The molecule has 28 heavy (non-hydrogen) atoms. The van der Waals surface area contributed by atoms with Crippen LogP contribution in [0.5, 0.6) is 0 Å². The molecule has 0 radical (unpaired) electrons. The highest BCUT2D eigenvalue weighted by atomic mass is 32.2. The average Bonchev–Trinajstić information content (AvgIpc) is 2.66. The Morgan fingerprint density at radius 2 is 2.04 bits per heavy atom. The van der Waals surface area contributed by atoms with Crippen molar-refractivity contribution in [3.8, 4) is 0 Å². The number of fused-ring (bicyclic) bond motifs is 1. The van der Waals surface area contributed by atoms with Crippen LogP contribution < -0.4 is 5.32 Å². The maximum atomic E-state index is 13.2. The van der Waals surface area contributed by atoms with Gasteiger partial charge in [0.05, 0.1) is 16.5 Å². The molecule has 1 unspecified atom stereocenters. The molecule has 1 aliphatic rings. The SMILES string of the molecule is CC1Sc2ccc(C(=O)OCC(=O)N(C)Cc3cccc(F)c3)cc2NC1=O. The highest BCUT2D eigenvalue weighted by Gasteiger charge is 2.24. The maximum absolute atomic E-state index is 13.2. The Bertz CT molecular complexity index is 934. The number of carbonyl (C=O) groups excluding carboxylic acids is 3. The van der Waals surface area contributed by atoms with E-state index in [0.29, 0.717) is 11.3 Å². The molecule has 2 aromatic carbocycles. The molecule has 1 N–H and O–H groups in total. The predicted octanol–water partition coefficient (Wildman–Crippen LogP) is 3.07. The molecule has 0 aromatic heterocycles. The summed E-state index contributed by atoms with van der Waals surface area (Å²) in [6.07, 6.45) is 0. The summed E-state index contributed by atoms with van der Waals surface area (Å²) in [7, 11) is 1.55. The number of hydrogen-bond donors (Lipinski definition) is 1. The molecule has 6 nitrogen and oxygen atoms in total. The number of anilines is 1. The molecule has 8 heteroatoms. The third kappa shape index (κ3) is 4.69. The van der Waals surface area contributed by atoms with E-state index in [9.17, 15) is 18.8 Å². The fraction of sp³-hybridized carbons (Fsp3) is 0.250. The largest absolute Gasteiger partial charge is 0.452 e. The molecule has 3 rings (SSSR count). The van der Waals surface area contributed by atoms with Gasteiger partial charge in [-0.15, -0.1) is 11.8 Å². The van der Waals surface area contributed by atoms with Crippen LogP contribution in [0.3, 0.4) is 0 Å². The number of carbonyl (C=O) groups is 3.